The van der Waals surface area contributed by atoms with Gasteiger partial charge in [0.05, 0.1) is 11.2 Å². The van der Waals surface area contributed by atoms with Gasteiger partial charge in [-0.3, -0.25) is 0 Å². The molecular formula is C19H26O3. The van der Waals surface area contributed by atoms with E-state index in [4.69, 9.17) is 5.11 Å². The number of fused-ring (bicyclic) bond motifs is 1. The Bertz CT molecular complexity index is 558. The molecule has 3 heteroatoms. The molecule has 1 aromatic carbocycles. The van der Waals surface area contributed by atoms with Crippen molar-refractivity contribution < 1.29 is 15.0 Å². The van der Waals surface area contributed by atoms with Gasteiger partial charge in [-0.1, -0.05) is 38.0 Å². The average molecular weight is 302 g/mol. The number of carboxylic acid groups (broad SMARTS) is 1. The minimum absolute atomic E-state index is 0.0469. The average Bonchev–Trinajstić information content (AvgIpc) is 2.48. The second kappa shape index (κ2) is 7.10. The number of carbonyl (C=O) groups is 1. The number of rotatable bonds is 6. The highest BCUT2D eigenvalue weighted by molar-refractivity contribution is 5.88. The third kappa shape index (κ3) is 3.58. The molecule has 0 saturated heterocycles. The molecule has 0 spiro atoms. The quantitative estimate of drug-likeness (QED) is 0.609. The van der Waals surface area contributed by atoms with Crippen molar-refractivity contribution >= 4 is 5.97 Å². The van der Waals surface area contributed by atoms with Gasteiger partial charge < -0.3 is 10.2 Å². The highest BCUT2D eigenvalue weighted by Crippen LogP contribution is 2.40. The molecule has 0 amide bonds. The zero-order valence-corrected chi connectivity index (χ0v) is 13.5. The lowest BCUT2D eigenvalue weighted by molar-refractivity contribution is 0.00264. The van der Waals surface area contributed by atoms with Crippen LogP contribution in [0.15, 0.2) is 30.4 Å². The fraction of sp³-hybridized carbons (Fsp3) is 0.526. The molecule has 22 heavy (non-hydrogen) atoms. The Labute approximate surface area is 132 Å². The molecule has 0 unspecified atom stereocenters. The van der Waals surface area contributed by atoms with Crippen molar-refractivity contribution in [3.63, 3.8) is 0 Å². The molecule has 0 aliphatic heterocycles. The second-order valence-electron chi connectivity index (χ2n) is 6.39. The van der Waals surface area contributed by atoms with Crippen molar-refractivity contribution in [3.05, 3.63) is 47.0 Å². The van der Waals surface area contributed by atoms with E-state index in [1.165, 1.54) is 19.3 Å². The summed E-state index contributed by atoms with van der Waals surface area (Å²) in [6.07, 6.45) is 10.7. The highest BCUT2D eigenvalue weighted by Gasteiger charge is 2.37. The predicted octanol–water partition coefficient (Wildman–Crippen LogP) is 4.29. The third-order valence-electron chi connectivity index (χ3n) is 4.69. The Hall–Kier alpha value is -1.61. The maximum atomic E-state index is 11.2. The van der Waals surface area contributed by atoms with Crippen LogP contribution < -0.4 is 0 Å². The number of aryl methyl sites for hydroxylation is 1. The zero-order valence-electron chi connectivity index (χ0n) is 13.5. The Morgan fingerprint density at radius 3 is 2.86 bits per heavy atom. The number of carboxylic acids is 1. The van der Waals surface area contributed by atoms with Crippen molar-refractivity contribution in [2.75, 3.05) is 0 Å². The van der Waals surface area contributed by atoms with Crippen LogP contribution in [0.25, 0.3) is 0 Å². The fourth-order valence-electron chi connectivity index (χ4n) is 3.25. The molecular weight excluding hydrogens is 276 g/mol. The van der Waals surface area contributed by atoms with E-state index in [9.17, 15) is 9.90 Å². The monoisotopic (exact) mass is 302 g/mol. The molecule has 0 fully saturated rings. The summed E-state index contributed by atoms with van der Waals surface area (Å²) in [4.78, 5) is 11.2. The van der Waals surface area contributed by atoms with E-state index in [1.807, 2.05) is 6.07 Å². The summed E-state index contributed by atoms with van der Waals surface area (Å²) in [5.74, 6) is -0.901. The van der Waals surface area contributed by atoms with Crippen molar-refractivity contribution in [2.24, 2.45) is 5.92 Å². The van der Waals surface area contributed by atoms with Crippen LogP contribution in [0, 0.1) is 5.92 Å². The number of benzene rings is 1. The first-order chi connectivity index (χ1) is 10.5. The van der Waals surface area contributed by atoms with Gasteiger partial charge in [0.2, 0.25) is 0 Å². The first-order valence-corrected chi connectivity index (χ1v) is 8.22. The Balaban J connectivity index is 2.18. The van der Waals surface area contributed by atoms with Gasteiger partial charge in [-0.2, -0.15) is 0 Å². The number of aliphatic hydroxyl groups is 1. The second-order valence-corrected chi connectivity index (χ2v) is 6.39. The van der Waals surface area contributed by atoms with E-state index in [2.05, 4.69) is 19.1 Å². The summed E-state index contributed by atoms with van der Waals surface area (Å²) in [5, 5.41) is 20.1. The molecule has 0 bridgehead atoms. The first-order valence-electron chi connectivity index (χ1n) is 8.22. The van der Waals surface area contributed by atoms with Crippen molar-refractivity contribution in [2.45, 2.75) is 58.0 Å². The van der Waals surface area contributed by atoms with Gasteiger partial charge in [0.25, 0.3) is 0 Å². The largest absolute Gasteiger partial charge is 0.478 e. The standard InChI is InChI=1S/C19H26O3/c1-3-4-5-6-7-8-16-12-11-14-9-10-15(18(20)21)13-17(14)19(16,2)22/h7-10,13,16,22H,3-6,11-12H2,1-2H3,(H,20,21)/b8-7+/t16-,19+/m1/s1. The van der Waals surface area contributed by atoms with E-state index in [0.29, 0.717) is 0 Å². The van der Waals surface area contributed by atoms with Gasteiger partial charge in [0.15, 0.2) is 0 Å². The number of aromatic carboxylic acids is 1. The van der Waals surface area contributed by atoms with Crippen LogP contribution >= 0.6 is 0 Å². The fourth-order valence-corrected chi connectivity index (χ4v) is 3.25. The minimum atomic E-state index is -1.000. The Kier molecular flexibility index (Phi) is 5.41. The lowest BCUT2D eigenvalue weighted by Crippen LogP contribution is -2.36. The molecule has 3 nitrogen and oxygen atoms in total. The first kappa shape index (κ1) is 16.8. The lowest BCUT2D eigenvalue weighted by Gasteiger charge is -2.37. The van der Waals surface area contributed by atoms with Crippen LogP contribution in [0.4, 0.5) is 0 Å². The van der Waals surface area contributed by atoms with Gasteiger partial charge in [-0.25, -0.2) is 4.79 Å². The highest BCUT2D eigenvalue weighted by atomic mass is 16.4. The summed E-state index contributed by atoms with van der Waals surface area (Å²) in [7, 11) is 0. The van der Waals surface area contributed by atoms with E-state index in [-0.39, 0.29) is 11.5 Å². The van der Waals surface area contributed by atoms with Gasteiger partial charge in [-0.05, 0) is 55.9 Å². The van der Waals surface area contributed by atoms with Crippen LogP contribution in [-0.4, -0.2) is 16.2 Å². The summed E-state index contributed by atoms with van der Waals surface area (Å²) < 4.78 is 0. The van der Waals surface area contributed by atoms with Gasteiger partial charge in [-0.15, -0.1) is 0 Å². The van der Waals surface area contributed by atoms with Crippen molar-refractivity contribution in [1.29, 1.82) is 0 Å². The molecule has 1 aliphatic carbocycles. The van der Waals surface area contributed by atoms with E-state index in [0.717, 1.165) is 30.4 Å². The number of hydrogen-bond acceptors (Lipinski definition) is 2. The molecule has 120 valence electrons. The Morgan fingerprint density at radius 1 is 1.41 bits per heavy atom. The summed E-state index contributed by atoms with van der Waals surface area (Å²) in [6, 6.07) is 5.10. The zero-order chi connectivity index (χ0) is 16.2. The predicted molar refractivity (Wildman–Crippen MR) is 88.1 cm³/mol. The molecule has 0 aromatic heterocycles. The normalized spacial score (nSPS) is 24.4. The molecule has 2 rings (SSSR count). The number of unbranched alkanes of at least 4 members (excludes halogenated alkanes) is 3. The molecule has 2 atom stereocenters. The van der Waals surface area contributed by atoms with Crippen LogP contribution in [-0.2, 0) is 12.0 Å². The smallest absolute Gasteiger partial charge is 0.335 e. The van der Waals surface area contributed by atoms with Crippen LogP contribution in [0.5, 0.6) is 0 Å². The minimum Gasteiger partial charge on any atom is -0.478 e. The van der Waals surface area contributed by atoms with Gasteiger partial charge in [0, 0.05) is 5.92 Å². The number of hydrogen-bond donors (Lipinski definition) is 2. The summed E-state index contributed by atoms with van der Waals surface area (Å²) in [5.41, 5.74) is 1.07. The SMILES string of the molecule is CCCCC/C=C/[C@@H]1CCc2ccc(C(=O)O)cc2[C@@]1(C)O. The van der Waals surface area contributed by atoms with Crippen molar-refractivity contribution in [3.8, 4) is 0 Å². The maximum Gasteiger partial charge on any atom is 0.335 e. The van der Waals surface area contributed by atoms with E-state index < -0.39 is 11.6 Å². The van der Waals surface area contributed by atoms with Crippen LogP contribution in [0.3, 0.4) is 0 Å². The van der Waals surface area contributed by atoms with E-state index >= 15 is 0 Å². The van der Waals surface area contributed by atoms with Gasteiger partial charge >= 0.3 is 5.97 Å². The van der Waals surface area contributed by atoms with E-state index in [1.54, 1.807) is 19.1 Å². The topological polar surface area (TPSA) is 57.5 Å². The molecule has 0 heterocycles. The Morgan fingerprint density at radius 2 is 2.18 bits per heavy atom. The van der Waals surface area contributed by atoms with Crippen molar-refractivity contribution in [1.82, 2.24) is 0 Å². The lowest BCUT2D eigenvalue weighted by atomic mass is 9.72. The molecule has 1 aliphatic rings. The third-order valence-corrected chi connectivity index (χ3v) is 4.69. The molecule has 2 N–H and O–H groups in total. The molecule has 0 saturated carbocycles. The number of allylic oxidation sites excluding steroid dienone is 1. The van der Waals surface area contributed by atoms with Crippen LogP contribution in [0.2, 0.25) is 0 Å². The molecule has 1 aromatic rings. The molecule has 0 radical (unpaired) electrons. The summed E-state index contributed by atoms with van der Waals surface area (Å²) >= 11 is 0. The van der Waals surface area contributed by atoms with Gasteiger partial charge in [0.1, 0.15) is 0 Å². The van der Waals surface area contributed by atoms with Crippen LogP contribution in [0.1, 0.15) is 67.4 Å². The maximum absolute atomic E-state index is 11.2. The summed E-state index contributed by atoms with van der Waals surface area (Å²) in [6.45, 7) is 3.99.